The van der Waals surface area contributed by atoms with Crippen molar-refractivity contribution in [2.24, 2.45) is 0 Å². The first kappa shape index (κ1) is 32.5. The number of aromatic nitrogens is 4. The average molecular weight is 650 g/mol. The van der Waals surface area contributed by atoms with Crippen LogP contribution in [0.4, 0.5) is 29.9 Å². The van der Waals surface area contributed by atoms with Gasteiger partial charge in [-0.25, -0.2) is 37.9 Å². The number of alkyl carbamates (subject to hydrolysis) is 1. The quantitative estimate of drug-likeness (QED) is 0.338. The molecular formula is C30H35ClF3N7O4. The Balaban J connectivity index is 1.24. The van der Waals surface area contributed by atoms with Gasteiger partial charge in [-0.3, -0.25) is 0 Å². The molecule has 2 saturated heterocycles. The van der Waals surface area contributed by atoms with Gasteiger partial charge in [0, 0.05) is 45.3 Å². The predicted octanol–water partition coefficient (Wildman–Crippen LogP) is 4.90. The number of amides is 1. The number of nitrogens with zero attached hydrogens (tertiary/aromatic N) is 6. The van der Waals surface area contributed by atoms with Crippen LogP contribution in [0.1, 0.15) is 45.1 Å². The molecule has 0 bridgehead atoms. The Morgan fingerprint density at radius 3 is 2.18 bits per heavy atom. The number of anilines is 2. The Labute approximate surface area is 264 Å². The van der Waals surface area contributed by atoms with E-state index < -0.39 is 46.7 Å². The summed E-state index contributed by atoms with van der Waals surface area (Å²) in [5.41, 5.74) is -1.37. The summed E-state index contributed by atoms with van der Waals surface area (Å²) in [5.74, 6) is -2.81. The number of piperidine rings is 1. The average Bonchev–Trinajstić information content (AvgIpc) is 3.41. The van der Waals surface area contributed by atoms with Crippen LogP contribution in [-0.2, 0) is 9.47 Å². The van der Waals surface area contributed by atoms with Gasteiger partial charge < -0.3 is 29.3 Å². The maximum absolute atomic E-state index is 14.8. The normalized spacial score (nSPS) is 19.8. The molecule has 4 heterocycles. The van der Waals surface area contributed by atoms with Gasteiger partial charge in [-0.05, 0) is 45.2 Å². The third-order valence-electron chi connectivity index (χ3n) is 7.86. The lowest BCUT2D eigenvalue weighted by Crippen LogP contribution is -2.49. The van der Waals surface area contributed by atoms with Gasteiger partial charge in [-0.15, -0.1) is 0 Å². The van der Waals surface area contributed by atoms with Crippen molar-refractivity contribution in [3.63, 3.8) is 0 Å². The number of nitrogens with one attached hydrogen (secondary N) is 1. The van der Waals surface area contributed by atoms with E-state index in [1.165, 1.54) is 12.4 Å². The zero-order valence-corrected chi connectivity index (χ0v) is 26.2. The molecule has 15 heteroatoms. The molecule has 2 aromatic heterocycles. The summed E-state index contributed by atoms with van der Waals surface area (Å²) < 4.78 is 59.9. The van der Waals surface area contributed by atoms with Crippen molar-refractivity contribution >= 4 is 29.6 Å². The molecule has 11 nitrogen and oxygen atoms in total. The van der Waals surface area contributed by atoms with Gasteiger partial charge in [-0.2, -0.15) is 0 Å². The molecule has 2 fully saturated rings. The topological polar surface area (TPSA) is 115 Å². The molecule has 2 aliphatic rings. The van der Waals surface area contributed by atoms with Crippen LogP contribution in [0.3, 0.4) is 0 Å². The highest BCUT2D eigenvalue weighted by atomic mass is 35.5. The van der Waals surface area contributed by atoms with E-state index in [0.717, 1.165) is 6.07 Å². The molecule has 1 amide bonds. The van der Waals surface area contributed by atoms with Crippen molar-refractivity contribution in [3.05, 3.63) is 65.0 Å². The standard InChI is InChI=1S/C30H35ClF3N7O4/c1-29(2,3)45-28(42)39-25-16-41(15-21(25)20-9-23(33)24(34)10-22(20)32)27-37-13-19(14-38-27)44-17-30(43-4)5-7-40(8-6-30)26-35-11-18(31)12-36-26/h9-14,21,25H,5-8,15-17H2,1-4H3,(H,39,42). The Morgan fingerprint density at radius 1 is 0.956 bits per heavy atom. The van der Waals surface area contributed by atoms with Crippen LogP contribution in [0.5, 0.6) is 5.75 Å². The van der Waals surface area contributed by atoms with Crippen molar-refractivity contribution in [2.75, 3.05) is 49.7 Å². The Kier molecular flexibility index (Phi) is 9.54. The van der Waals surface area contributed by atoms with Crippen molar-refractivity contribution in [2.45, 2.75) is 56.8 Å². The summed E-state index contributed by atoms with van der Waals surface area (Å²) in [7, 11) is 1.65. The first-order valence-electron chi connectivity index (χ1n) is 14.5. The number of ether oxygens (including phenoxy) is 3. The van der Waals surface area contributed by atoms with Crippen LogP contribution in [0.25, 0.3) is 0 Å². The lowest BCUT2D eigenvalue weighted by atomic mass is 9.92. The zero-order chi connectivity index (χ0) is 32.4. The maximum atomic E-state index is 14.8. The van der Waals surface area contributed by atoms with E-state index >= 15 is 0 Å². The molecule has 1 aromatic carbocycles. The van der Waals surface area contributed by atoms with Gasteiger partial charge in [0.1, 0.15) is 23.6 Å². The lowest BCUT2D eigenvalue weighted by Gasteiger charge is -2.40. The molecule has 0 aliphatic carbocycles. The number of hydrogen-bond acceptors (Lipinski definition) is 10. The van der Waals surface area contributed by atoms with E-state index in [1.54, 1.807) is 45.2 Å². The van der Waals surface area contributed by atoms with Crippen molar-refractivity contribution in [1.82, 2.24) is 25.3 Å². The molecule has 0 saturated carbocycles. The summed E-state index contributed by atoms with van der Waals surface area (Å²) >= 11 is 5.91. The van der Waals surface area contributed by atoms with Crippen LogP contribution >= 0.6 is 11.6 Å². The van der Waals surface area contributed by atoms with Crippen molar-refractivity contribution in [1.29, 1.82) is 0 Å². The zero-order valence-electron chi connectivity index (χ0n) is 25.4. The Hall–Kier alpha value is -3.91. The summed E-state index contributed by atoms with van der Waals surface area (Å²) in [4.78, 5) is 33.8. The second-order valence-corrected chi connectivity index (χ2v) is 12.6. The second kappa shape index (κ2) is 13.2. The molecule has 2 atom stereocenters. The van der Waals surface area contributed by atoms with Crippen LogP contribution in [-0.4, -0.2) is 83.2 Å². The maximum Gasteiger partial charge on any atom is 0.407 e. The summed E-state index contributed by atoms with van der Waals surface area (Å²) in [5, 5.41) is 3.22. The van der Waals surface area contributed by atoms with Gasteiger partial charge in [0.15, 0.2) is 17.4 Å². The molecule has 5 rings (SSSR count). The molecule has 45 heavy (non-hydrogen) atoms. The molecular weight excluding hydrogens is 615 g/mol. The predicted molar refractivity (Wildman–Crippen MR) is 160 cm³/mol. The van der Waals surface area contributed by atoms with E-state index in [2.05, 4.69) is 30.2 Å². The van der Waals surface area contributed by atoms with Gasteiger partial charge in [0.2, 0.25) is 11.9 Å². The van der Waals surface area contributed by atoms with E-state index in [0.29, 0.717) is 54.7 Å². The number of rotatable bonds is 8. The van der Waals surface area contributed by atoms with E-state index in [4.69, 9.17) is 25.8 Å². The smallest absolute Gasteiger partial charge is 0.407 e. The van der Waals surface area contributed by atoms with E-state index in [1.807, 2.05) is 0 Å². The largest absolute Gasteiger partial charge is 0.487 e. The summed E-state index contributed by atoms with van der Waals surface area (Å²) in [6.07, 6.45) is 6.80. The highest BCUT2D eigenvalue weighted by Gasteiger charge is 2.39. The van der Waals surface area contributed by atoms with Gasteiger partial charge >= 0.3 is 6.09 Å². The van der Waals surface area contributed by atoms with Crippen LogP contribution in [0.15, 0.2) is 36.9 Å². The first-order valence-corrected chi connectivity index (χ1v) is 14.8. The Bertz CT molecular complexity index is 1490. The van der Waals surface area contributed by atoms with E-state index in [-0.39, 0.29) is 25.3 Å². The molecule has 0 spiro atoms. The summed E-state index contributed by atoms with van der Waals surface area (Å²) in [6, 6.07) is 0.617. The summed E-state index contributed by atoms with van der Waals surface area (Å²) in [6.45, 7) is 7.04. The minimum absolute atomic E-state index is 0.0732. The fourth-order valence-corrected chi connectivity index (χ4v) is 5.56. The number of methoxy groups -OCH3 is 1. The fraction of sp³-hybridized carbons (Fsp3) is 0.500. The molecule has 2 unspecified atom stereocenters. The third kappa shape index (κ3) is 7.85. The number of benzene rings is 1. The van der Waals surface area contributed by atoms with Gasteiger partial charge in [-0.1, -0.05) is 11.6 Å². The monoisotopic (exact) mass is 649 g/mol. The van der Waals surface area contributed by atoms with Crippen molar-refractivity contribution in [3.8, 4) is 5.75 Å². The number of carbonyl (C=O) groups excluding carboxylic acids is 1. The molecule has 3 aromatic rings. The Morgan fingerprint density at radius 2 is 1.56 bits per heavy atom. The van der Waals surface area contributed by atoms with E-state index in [9.17, 15) is 18.0 Å². The molecule has 1 N–H and O–H groups in total. The minimum atomic E-state index is -1.29. The highest BCUT2D eigenvalue weighted by Crippen LogP contribution is 2.33. The molecule has 2 aliphatic heterocycles. The number of hydrogen-bond donors (Lipinski definition) is 1. The van der Waals surface area contributed by atoms with Gasteiger partial charge in [0.25, 0.3) is 0 Å². The third-order valence-corrected chi connectivity index (χ3v) is 8.05. The lowest BCUT2D eigenvalue weighted by molar-refractivity contribution is -0.0606. The highest BCUT2D eigenvalue weighted by molar-refractivity contribution is 6.30. The van der Waals surface area contributed by atoms with Crippen LogP contribution in [0, 0.1) is 17.5 Å². The van der Waals surface area contributed by atoms with Crippen LogP contribution in [0.2, 0.25) is 5.02 Å². The van der Waals surface area contributed by atoms with Gasteiger partial charge in [0.05, 0.1) is 35.9 Å². The number of halogens is 4. The second-order valence-electron chi connectivity index (χ2n) is 12.1. The molecule has 0 radical (unpaired) electrons. The number of carbonyl (C=O) groups is 1. The fourth-order valence-electron chi connectivity index (χ4n) is 5.46. The van der Waals surface area contributed by atoms with Crippen molar-refractivity contribution < 1.29 is 32.2 Å². The molecule has 242 valence electrons. The SMILES string of the molecule is COC1(COc2cnc(N3CC(NC(=O)OC(C)(C)C)C(c4cc(F)c(F)cc4F)C3)nc2)CCN(c2ncc(Cl)cn2)CC1. The first-order chi connectivity index (χ1) is 21.3. The minimum Gasteiger partial charge on any atom is -0.487 e. The van der Waals surface area contributed by atoms with Crippen LogP contribution < -0.4 is 19.9 Å².